The van der Waals surface area contributed by atoms with Crippen LogP contribution in [0.3, 0.4) is 0 Å². The van der Waals surface area contributed by atoms with Gasteiger partial charge in [0, 0.05) is 0 Å². The van der Waals surface area contributed by atoms with Gasteiger partial charge >= 0.3 is 0 Å². The van der Waals surface area contributed by atoms with Crippen LogP contribution in [0.2, 0.25) is 0 Å². The largest absolute Gasteiger partial charge is 0.370 e. The van der Waals surface area contributed by atoms with Crippen molar-refractivity contribution in [2.24, 2.45) is 16.6 Å². The Morgan fingerprint density at radius 1 is 1.67 bits per heavy atom. The third-order valence-electron chi connectivity index (χ3n) is 3.05. The first-order valence-electron chi connectivity index (χ1n) is 4.52. The lowest BCUT2D eigenvalue weighted by Gasteiger charge is -2.39. The van der Waals surface area contributed by atoms with Gasteiger partial charge in [-0.2, -0.15) is 0 Å². The van der Waals surface area contributed by atoms with E-state index in [0.717, 1.165) is 26.1 Å². The van der Waals surface area contributed by atoms with E-state index in [1.807, 2.05) is 0 Å². The molecular weight excluding hydrogens is 152 g/mol. The minimum absolute atomic E-state index is 0.162. The summed E-state index contributed by atoms with van der Waals surface area (Å²) < 4.78 is 0. The number of hydrogen-bond donors (Lipinski definition) is 3. The minimum atomic E-state index is 0.162. The molecule has 4 nitrogen and oxygen atoms in total. The van der Waals surface area contributed by atoms with Crippen molar-refractivity contribution in [2.75, 3.05) is 19.6 Å². The summed E-state index contributed by atoms with van der Waals surface area (Å²) in [5.41, 5.74) is 5.78. The van der Waals surface area contributed by atoms with Gasteiger partial charge in [0.2, 0.25) is 0 Å². The average molecular weight is 168 g/mol. The molecule has 4 heteroatoms. The molecule has 2 unspecified atom stereocenters. The number of nitrogens with one attached hydrogen (secondary N) is 2. The summed E-state index contributed by atoms with van der Waals surface area (Å²) in [4.78, 5) is 4.22. The highest BCUT2D eigenvalue weighted by Gasteiger charge is 2.41. The van der Waals surface area contributed by atoms with E-state index in [9.17, 15) is 0 Å². The molecule has 2 atom stereocenters. The third-order valence-corrected chi connectivity index (χ3v) is 3.05. The lowest BCUT2D eigenvalue weighted by molar-refractivity contribution is 0.214. The molecule has 0 aromatic rings. The van der Waals surface area contributed by atoms with Crippen LogP contribution in [-0.2, 0) is 0 Å². The van der Waals surface area contributed by atoms with Crippen LogP contribution in [0.4, 0.5) is 0 Å². The molecule has 0 bridgehead atoms. The number of guanidine groups is 1. The standard InChI is InChI=1S/C8H16N4/c1-6-4-10-3-2-8(6)5-11-7(9)12-8/h6,10H,2-5H2,1H3,(H3,9,11,12). The number of nitrogens with two attached hydrogens (primary N) is 1. The van der Waals surface area contributed by atoms with Crippen molar-refractivity contribution < 1.29 is 0 Å². The zero-order valence-electron chi connectivity index (χ0n) is 7.43. The molecule has 2 rings (SSSR count). The second-order valence-electron chi connectivity index (χ2n) is 3.84. The SMILES string of the molecule is CC1CNCCC12CN=C(N)N2. The molecule has 2 heterocycles. The number of aliphatic imine (C=N–C) groups is 1. The summed E-state index contributed by atoms with van der Waals surface area (Å²) in [5.74, 6) is 1.22. The van der Waals surface area contributed by atoms with E-state index in [-0.39, 0.29) is 5.54 Å². The van der Waals surface area contributed by atoms with Crippen molar-refractivity contribution in [3.8, 4) is 0 Å². The van der Waals surface area contributed by atoms with Crippen LogP contribution in [0.5, 0.6) is 0 Å². The van der Waals surface area contributed by atoms with E-state index in [1.165, 1.54) is 0 Å². The van der Waals surface area contributed by atoms with Gasteiger partial charge < -0.3 is 16.4 Å². The first-order valence-corrected chi connectivity index (χ1v) is 4.52. The third kappa shape index (κ3) is 1.06. The fourth-order valence-electron chi connectivity index (χ4n) is 2.05. The Balaban J connectivity index is 2.10. The first-order chi connectivity index (χ1) is 5.73. The highest BCUT2D eigenvalue weighted by Crippen LogP contribution is 2.26. The van der Waals surface area contributed by atoms with Crippen molar-refractivity contribution in [2.45, 2.75) is 18.9 Å². The molecule has 12 heavy (non-hydrogen) atoms. The second kappa shape index (κ2) is 2.62. The molecular formula is C8H16N4. The van der Waals surface area contributed by atoms with Crippen LogP contribution in [0.1, 0.15) is 13.3 Å². The van der Waals surface area contributed by atoms with Gasteiger partial charge in [0.05, 0.1) is 12.1 Å². The van der Waals surface area contributed by atoms with E-state index in [4.69, 9.17) is 5.73 Å². The Kier molecular flexibility index (Phi) is 1.72. The Morgan fingerprint density at radius 2 is 2.50 bits per heavy atom. The summed E-state index contributed by atoms with van der Waals surface area (Å²) >= 11 is 0. The molecule has 0 aromatic heterocycles. The molecule has 0 aromatic carbocycles. The van der Waals surface area contributed by atoms with Crippen molar-refractivity contribution in [1.29, 1.82) is 0 Å². The summed E-state index contributed by atoms with van der Waals surface area (Å²) in [7, 11) is 0. The zero-order chi connectivity index (χ0) is 8.60. The molecule has 0 aliphatic carbocycles. The van der Waals surface area contributed by atoms with Crippen LogP contribution in [0.25, 0.3) is 0 Å². The fourth-order valence-corrected chi connectivity index (χ4v) is 2.05. The van der Waals surface area contributed by atoms with Gasteiger partial charge in [-0.15, -0.1) is 0 Å². The molecule has 1 fully saturated rings. The van der Waals surface area contributed by atoms with E-state index in [1.54, 1.807) is 0 Å². The number of hydrogen-bond acceptors (Lipinski definition) is 4. The lowest BCUT2D eigenvalue weighted by Crippen LogP contribution is -2.59. The van der Waals surface area contributed by atoms with Crippen molar-refractivity contribution >= 4 is 5.96 Å². The van der Waals surface area contributed by atoms with Crippen LogP contribution in [-0.4, -0.2) is 31.1 Å². The highest BCUT2D eigenvalue weighted by atomic mass is 15.2. The van der Waals surface area contributed by atoms with Crippen LogP contribution in [0, 0.1) is 5.92 Å². The molecule has 0 saturated carbocycles. The van der Waals surface area contributed by atoms with E-state index in [0.29, 0.717) is 11.9 Å². The number of nitrogens with zero attached hydrogens (tertiary/aromatic N) is 1. The predicted molar refractivity (Wildman–Crippen MR) is 49.0 cm³/mol. The Bertz CT molecular complexity index is 213. The quantitative estimate of drug-likeness (QED) is 0.447. The highest BCUT2D eigenvalue weighted by molar-refractivity contribution is 5.80. The van der Waals surface area contributed by atoms with Crippen molar-refractivity contribution in [3.05, 3.63) is 0 Å². The molecule has 0 amide bonds. The fraction of sp³-hybridized carbons (Fsp3) is 0.875. The van der Waals surface area contributed by atoms with E-state index < -0.39 is 0 Å². The predicted octanol–water partition coefficient (Wildman–Crippen LogP) is -0.727. The maximum Gasteiger partial charge on any atom is 0.189 e. The lowest BCUT2D eigenvalue weighted by atomic mass is 9.80. The van der Waals surface area contributed by atoms with Gasteiger partial charge in [-0.25, -0.2) is 0 Å². The number of piperidine rings is 1. The van der Waals surface area contributed by atoms with Gasteiger partial charge in [-0.1, -0.05) is 6.92 Å². The van der Waals surface area contributed by atoms with Gasteiger partial charge in [-0.05, 0) is 25.4 Å². The maximum atomic E-state index is 5.62. The van der Waals surface area contributed by atoms with Gasteiger partial charge in [-0.3, -0.25) is 4.99 Å². The summed E-state index contributed by atoms with van der Waals surface area (Å²) in [6.45, 7) is 5.23. The first kappa shape index (κ1) is 7.86. The van der Waals surface area contributed by atoms with Crippen LogP contribution in [0.15, 0.2) is 4.99 Å². The second-order valence-corrected chi connectivity index (χ2v) is 3.84. The van der Waals surface area contributed by atoms with E-state index in [2.05, 4.69) is 22.5 Å². The Morgan fingerprint density at radius 3 is 3.08 bits per heavy atom. The smallest absolute Gasteiger partial charge is 0.189 e. The van der Waals surface area contributed by atoms with Crippen molar-refractivity contribution in [1.82, 2.24) is 10.6 Å². The molecule has 0 radical (unpaired) electrons. The molecule has 1 spiro atoms. The van der Waals surface area contributed by atoms with Gasteiger partial charge in [0.1, 0.15) is 0 Å². The summed E-state index contributed by atoms with van der Waals surface area (Å²) in [5, 5.41) is 6.68. The molecule has 1 saturated heterocycles. The van der Waals surface area contributed by atoms with Crippen LogP contribution >= 0.6 is 0 Å². The molecule has 68 valence electrons. The summed E-state index contributed by atoms with van der Waals surface area (Å²) in [6.07, 6.45) is 1.12. The minimum Gasteiger partial charge on any atom is -0.370 e. The molecule has 2 aliphatic rings. The van der Waals surface area contributed by atoms with Crippen LogP contribution < -0.4 is 16.4 Å². The zero-order valence-corrected chi connectivity index (χ0v) is 7.43. The monoisotopic (exact) mass is 168 g/mol. The topological polar surface area (TPSA) is 62.4 Å². The van der Waals surface area contributed by atoms with E-state index >= 15 is 0 Å². The Labute approximate surface area is 72.6 Å². The molecule has 4 N–H and O–H groups in total. The maximum absolute atomic E-state index is 5.62. The Hall–Kier alpha value is -0.770. The molecule has 2 aliphatic heterocycles. The number of rotatable bonds is 0. The summed E-state index contributed by atoms with van der Waals surface area (Å²) in [6, 6.07) is 0. The normalized spacial score (nSPS) is 41.1. The van der Waals surface area contributed by atoms with Gasteiger partial charge in [0.15, 0.2) is 5.96 Å². The van der Waals surface area contributed by atoms with Crippen molar-refractivity contribution in [3.63, 3.8) is 0 Å². The average Bonchev–Trinajstić information content (AvgIpc) is 2.41. The van der Waals surface area contributed by atoms with Gasteiger partial charge in [0.25, 0.3) is 0 Å².